The summed E-state index contributed by atoms with van der Waals surface area (Å²) in [4.78, 5) is 0.628. The maximum absolute atomic E-state index is 12.9. The Bertz CT molecular complexity index is 508. The summed E-state index contributed by atoms with van der Waals surface area (Å²) in [7, 11) is 0. The van der Waals surface area contributed by atoms with Gasteiger partial charge in [0.15, 0.2) is 0 Å². The highest BCUT2D eigenvalue weighted by molar-refractivity contribution is 7.19. The van der Waals surface area contributed by atoms with Gasteiger partial charge in [0.2, 0.25) is 0 Å². The van der Waals surface area contributed by atoms with E-state index in [9.17, 15) is 4.39 Å². The fourth-order valence-corrected chi connectivity index (χ4v) is 2.25. The van der Waals surface area contributed by atoms with Gasteiger partial charge in [-0.3, -0.25) is 0 Å². The molecule has 0 radical (unpaired) electrons. The first kappa shape index (κ1) is 11.7. The minimum atomic E-state index is -0.243. The maximum Gasteiger partial charge on any atom is 0.124 e. The first-order valence-corrected chi connectivity index (χ1v) is 5.62. The summed E-state index contributed by atoms with van der Waals surface area (Å²) >= 11 is 1.40. The number of hydrogen-bond donors (Lipinski definition) is 0. The third-order valence-corrected chi connectivity index (χ3v) is 3.07. The van der Waals surface area contributed by atoms with Crippen molar-refractivity contribution in [3.63, 3.8) is 0 Å². The normalized spacial score (nSPS) is 9.27. The first-order chi connectivity index (χ1) is 7.20. The highest BCUT2D eigenvalue weighted by atomic mass is 32.1. The summed E-state index contributed by atoms with van der Waals surface area (Å²) in [5.41, 5.74) is 0.890. The van der Waals surface area contributed by atoms with Crippen LogP contribution in [0.2, 0.25) is 0 Å². The molecule has 1 heterocycles. The Hall–Kier alpha value is -1.40. The molecule has 1 aromatic heterocycles. The molecule has 0 bridgehead atoms. The molecule has 0 unspecified atom stereocenters. The van der Waals surface area contributed by atoms with Crippen LogP contribution in [0.3, 0.4) is 0 Å². The molecule has 2 aromatic rings. The standard InChI is InChI=1S/C10H6FNS.C2H6/c1-6-2-8(11)3-7-4-9(5-12)13-10(6)7;1-2/h2-4H,1H3;1-2H3. The lowest BCUT2D eigenvalue weighted by Crippen LogP contribution is -1.76. The average Bonchev–Trinajstić information content (AvgIpc) is 2.64. The van der Waals surface area contributed by atoms with E-state index in [0.717, 1.165) is 15.6 Å². The Kier molecular flexibility index (Phi) is 3.81. The van der Waals surface area contributed by atoms with Crippen LogP contribution >= 0.6 is 11.3 Å². The lowest BCUT2D eigenvalue weighted by atomic mass is 10.2. The first-order valence-electron chi connectivity index (χ1n) is 4.80. The molecule has 0 fully saturated rings. The fraction of sp³-hybridized carbons (Fsp3) is 0.250. The Balaban J connectivity index is 0.000000531. The van der Waals surface area contributed by atoms with E-state index in [0.29, 0.717) is 4.88 Å². The molecule has 0 spiro atoms. The van der Waals surface area contributed by atoms with E-state index >= 15 is 0 Å². The zero-order valence-electron chi connectivity index (χ0n) is 8.97. The maximum atomic E-state index is 12.9. The van der Waals surface area contributed by atoms with Crippen molar-refractivity contribution >= 4 is 21.4 Å². The smallest absolute Gasteiger partial charge is 0.124 e. The largest absolute Gasteiger partial charge is 0.207 e. The quantitative estimate of drug-likeness (QED) is 0.652. The molecule has 0 saturated heterocycles. The van der Waals surface area contributed by atoms with Gasteiger partial charge in [-0.1, -0.05) is 13.8 Å². The van der Waals surface area contributed by atoms with Gasteiger partial charge in [-0.05, 0) is 36.1 Å². The molecule has 2 rings (SSSR count). The van der Waals surface area contributed by atoms with Crippen LogP contribution in [-0.4, -0.2) is 0 Å². The van der Waals surface area contributed by atoms with Gasteiger partial charge in [0, 0.05) is 4.70 Å². The SMILES string of the molecule is CC.Cc1cc(F)cc2cc(C#N)sc12. The lowest BCUT2D eigenvalue weighted by Gasteiger charge is -1.94. The molecule has 0 atom stereocenters. The summed E-state index contributed by atoms with van der Waals surface area (Å²) in [6.45, 7) is 5.85. The van der Waals surface area contributed by atoms with Gasteiger partial charge < -0.3 is 0 Å². The topological polar surface area (TPSA) is 23.8 Å². The second-order valence-electron chi connectivity index (χ2n) is 2.86. The molecule has 0 aliphatic heterocycles. The highest BCUT2D eigenvalue weighted by Crippen LogP contribution is 2.28. The van der Waals surface area contributed by atoms with E-state index in [4.69, 9.17) is 5.26 Å². The van der Waals surface area contributed by atoms with Crippen LogP contribution in [0, 0.1) is 24.1 Å². The van der Waals surface area contributed by atoms with Gasteiger partial charge in [-0.2, -0.15) is 5.26 Å². The van der Waals surface area contributed by atoms with Crippen LogP contribution in [0.1, 0.15) is 24.3 Å². The fourth-order valence-electron chi connectivity index (χ4n) is 1.34. The van der Waals surface area contributed by atoms with E-state index in [1.807, 2.05) is 20.8 Å². The monoisotopic (exact) mass is 221 g/mol. The van der Waals surface area contributed by atoms with Crippen molar-refractivity contribution in [2.45, 2.75) is 20.8 Å². The van der Waals surface area contributed by atoms with Gasteiger partial charge >= 0.3 is 0 Å². The predicted octanol–water partition coefficient (Wildman–Crippen LogP) is 4.25. The predicted molar refractivity (Wildman–Crippen MR) is 62.6 cm³/mol. The number of thiophene rings is 1. The van der Waals surface area contributed by atoms with Crippen molar-refractivity contribution in [3.8, 4) is 6.07 Å². The lowest BCUT2D eigenvalue weighted by molar-refractivity contribution is 0.629. The van der Waals surface area contributed by atoms with E-state index < -0.39 is 0 Å². The molecular weight excluding hydrogens is 209 g/mol. The van der Waals surface area contributed by atoms with Crippen LogP contribution in [-0.2, 0) is 0 Å². The summed E-state index contributed by atoms with van der Waals surface area (Å²) in [6, 6.07) is 6.72. The number of nitriles is 1. The minimum absolute atomic E-state index is 0.243. The van der Waals surface area contributed by atoms with Crippen molar-refractivity contribution in [3.05, 3.63) is 34.5 Å². The van der Waals surface area contributed by atoms with Crippen LogP contribution < -0.4 is 0 Å². The summed E-state index contributed by atoms with van der Waals surface area (Å²) < 4.78 is 13.9. The second kappa shape index (κ2) is 4.90. The Morgan fingerprint density at radius 3 is 2.53 bits per heavy atom. The molecule has 0 aliphatic carbocycles. The van der Waals surface area contributed by atoms with Crippen LogP contribution in [0.5, 0.6) is 0 Å². The zero-order valence-corrected chi connectivity index (χ0v) is 9.78. The molecule has 15 heavy (non-hydrogen) atoms. The van der Waals surface area contributed by atoms with Crippen LogP contribution in [0.15, 0.2) is 18.2 Å². The van der Waals surface area contributed by atoms with Crippen molar-refractivity contribution < 1.29 is 4.39 Å². The number of benzene rings is 1. The molecule has 1 aromatic carbocycles. The Labute approximate surface area is 92.8 Å². The highest BCUT2D eigenvalue weighted by Gasteiger charge is 2.05. The Morgan fingerprint density at radius 1 is 1.27 bits per heavy atom. The van der Waals surface area contributed by atoms with Crippen LogP contribution in [0.4, 0.5) is 4.39 Å². The van der Waals surface area contributed by atoms with Crippen LogP contribution in [0.25, 0.3) is 10.1 Å². The van der Waals surface area contributed by atoms with E-state index in [2.05, 4.69) is 6.07 Å². The number of rotatable bonds is 0. The molecule has 0 amide bonds. The molecule has 1 nitrogen and oxygen atoms in total. The van der Waals surface area contributed by atoms with E-state index in [-0.39, 0.29) is 5.82 Å². The number of hydrogen-bond acceptors (Lipinski definition) is 2. The molecular formula is C12H12FNS. The summed E-state index contributed by atoms with van der Waals surface area (Å²) in [5.74, 6) is -0.243. The van der Waals surface area contributed by atoms with Crippen molar-refractivity contribution in [2.24, 2.45) is 0 Å². The molecule has 3 heteroatoms. The number of aryl methyl sites for hydroxylation is 1. The van der Waals surface area contributed by atoms with E-state index in [1.165, 1.54) is 23.5 Å². The second-order valence-corrected chi connectivity index (χ2v) is 3.92. The van der Waals surface area contributed by atoms with Gasteiger partial charge in [0.25, 0.3) is 0 Å². The van der Waals surface area contributed by atoms with Gasteiger partial charge in [0.05, 0.1) is 0 Å². The van der Waals surface area contributed by atoms with Gasteiger partial charge in [0.1, 0.15) is 16.8 Å². The molecule has 0 N–H and O–H groups in total. The van der Waals surface area contributed by atoms with Crippen molar-refractivity contribution in [2.75, 3.05) is 0 Å². The van der Waals surface area contributed by atoms with E-state index in [1.54, 1.807) is 6.07 Å². The molecule has 0 aliphatic rings. The van der Waals surface area contributed by atoms with Gasteiger partial charge in [-0.15, -0.1) is 11.3 Å². The van der Waals surface area contributed by atoms with Gasteiger partial charge in [-0.25, -0.2) is 4.39 Å². The number of fused-ring (bicyclic) bond motifs is 1. The molecule has 0 saturated carbocycles. The minimum Gasteiger partial charge on any atom is -0.207 e. The number of halogens is 1. The molecule has 78 valence electrons. The average molecular weight is 221 g/mol. The Morgan fingerprint density at radius 2 is 1.93 bits per heavy atom. The van der Waals surface area contributed by atoms with Crippen molar-refractivity contribution in [1.82, 2.24) is 0 Å². The zero-order chi connectivity index (χ0) is 11.4. The summed E-state index contributed by atoms with van der Waals surface area (Å²) in [5, 5.41) is 9.48. The summed E-state index contributed by atoms with van der Waals surface area (Å²) in [6.07, 6.45) is 0. The third-order valence-electron chi connectivity index (χ3n) is 1.88. The van der Waals surface area contributed by atoms with Crippen molar-refractivity contribution in [1.29, 1.82) is 5.26 Å². The number of nitrogens with zero attached hydrogens (tertiary/aromatic N) is 1. The third kappa shape index (κ3) is 2.34.